The van der Waals surface area contributed by atoms with Crippen molar-refractivity contribution in [2.45, 2.75) is 25.8 Å². The van der Waals surface area contributed by atoms with E-state index in [1.807, 2.05) is 37.3 Å². The van der Waals surface area contributed by atoms with Crippen molar-refractivity contribution in [3.8, 4) is 11.3 Å². The quantitative estimate of drug-likeness (QED) is 0.851. The third-order valence-corrected chi connectivity index (χ3v) is 3.05. The van der Waals surface area contributed by atoms with E-state index in [4.69, 9.17) is 9.63 Å². The highest BCUT2D eigenvalue weighted by molar-refractivity contribution is 5.92. The van der Waals surface area contributed by atoms with Gasteiger partial charge in [0.1, 0.15) is 5.69 Å². The summed E-state index contributed by atoms with van der Waals surface area (Å²) in [5, 5.41) is 15.2. The van der Waals surface area contributed by atoms with Gasteiger partial charge in [0.15, 0.2) is 0 Å². The normalized spacial score (nSPS) is 11.9. The fourth-order valence-corrected chi connectivity index (χ4v) is 1.89. The Balaban J connectivity index is 2.07. The van der Waals surface area contributed by atoms with Crippen molar-refractivity contribution in [2.24, 2.45) is 0 Å². The zero-order valence-electron chi connectivity index (χ0n) is 11.6. The van der Waals surface area contributed by atoms with Crippen molar-refractivity contribution >= 4 is 11.9 Å². The number of carbonyl (C=O) groups excluding carboxylic acids is 1. The summed E-state index contributed by atoms with van der Waals surface area (Å²) in [5.41, 5.74) is 1.41. The fraction of sp³-hybridized carbons (Fsp3) is 0.267. The molecule has 2 rings (SSSR count). The molecule has 0 aliphatic carbocycles. The number of nitrogens with zero attached hydrogens (tertiary/aromatic N) is 1. The van der Waals surface area contributed by atoms with Gasteiger partial charge < -0.3 is 14.9 Å². The molecule has 1 amide bonds. The molecule has 1 heterocycles. The van der Waals surface area contributed by atoms with Gasteiger partial charge in [-0.3, -0.25) is 9.59 Å². The maximum absolute atomic E-state index is 12.0. The number of rotatable bonds is 6. The highest BCUT2D eigenvalue weighted by atomic mass is 16.5. The molecule has 1 aromatic heterocycles. The number of benzene rings is 1. The van der Waals surface area contributed by atoms with Crippen LogP contribution >= 0.6 is 0 Å². The largest absolute Gasteiger partial charge is 0.481 e. The zero-order chi connectivity index (χ0) is 15.2. The highest BCUT2D eigenvalue weighted by Gasteiger charge is 2.19. The minimum atomic E-state index is -0.954. The van der Waals surface area contributed by atoms with Gasteiger partial charge in [0.05, 0.1) is 6.42 Å². The predicted octanol–water partition coefficient (Wildman–Crippen LogP) is 2.32. The van der Waals surface area contributed by atoms with E-state index in [-0.39, 0.29) is 12.2 Å². The van der Waals surface area contributed by atoms with Gasteiger partial charge in [-0.05, 0) is 6.42 Å². The molecule has 0 saturated heterocycles. The van der Waals surface area contributed by atoms with Crippen LogP contribution in [0.3, 0.4) is 0 Å². The molecule has 1 unspecified atom stereocenters. The SMILES string of the molecule is CCC(CC(=O)O)NC(=O)c1cc(-c2ccccc2)no1. The lowest BCUT2D eigenvalue weighted by atomic mass is 10.1. The third-order valence-electron chi connectivity index (χ3n) is 3.05. The second kappa shape index (κ2) is 6.69. The first-order valence-corrected chi connectivity index (χ1v) is 6.65. The van der Waals surface area contributed by atoms with Crippen LogP contribution in [0.25, 0.3) is 11.3 Å². The standard InChI is InChI=1S/C15H16N2O4/c1-2-11(8-14(18)19)16-15(20)13-9-12(17-21-13)10-6-4-3-5-7-10/h3-7,9,11H,2,8H2,1H3,(H,16,20)(H,18,19). The van der Waals surface area contributed by atoms with E-state index in [2.05, 4.69) is 10.5 Å². The summed E-state index contributed by atoms with van der Waals surface area (Å²) < 4.78 is 5.02. The predicted molar refractivity (Wildman–Crippen MR) is 75.7 cm³/mol. The second-order valence-electron chi connectivity index (χ2n) is 4.62. The first-order chi connectivity index (χ1) is 10.1. The van der Waals surface area contributed by atoms with Crippen LogP contribution in [0.15, 0.2) is 40.9 Å². The first-order valence-electron chi connectivity index (χ1n) is 6.65. The number of carboxylic acids is 1. The summed E-state index contributed by atoms with van der Waals surface area (Å²) in [6.07, 6.45) is 0.402. The van der Waals surface area contributed by atoms with Gasteiger partial charge in [-0.2, -0.15) is 0 Å². The van der Waals surface area contributed by atoms with Crippen molar-refractivity contribution in [3.05, 3.63) is 42.2 Å². The Hall–Kier alpha value is -2.63. The summed E-state index contributed by atoms with van der Waals surface area (Å²) in [6, 6.07) is 10.4. The van der Waals surface area contributed by atoms with Crippen LogP contribution < -0.4 is 5.32 Å². The average molecular weight is 288 g/mol. The van der Waals surface area contributed by atoms with Crippen molar-refractivity contribution in [1.29, 1.82) is 0 Å². The lowest BCUT2D eigenvalue weighted by molar-refractivity contribution is -0.137. The van der Waals surface area contributed by atoms with Crippen LogP contribution in [0.5, 0.6) is 0 Å². The Kier molecular flexibility index (Phi) is 4.71. The van der Waals surface area contributed by atoms with Crippen LogP contribution in [0.1, 0.15) is 30.3 Å². The lowest BCUT2D eigenvalue weighted by Gasteiger charge is -2.12. The topological polar surface area (TPSA) is 92.4 Å². The molecule has 0 bridgehead atoms. The van der Waals surface area contributed by atoms with Gasteiger partial charge in [0, 0.05) is 17.7 Å². The Morgan fingerprint density at radius 1 is 1.33 bits per heavy atom. The second-order valence-corrected chi connectivity index (χ2v) is 4.62. The Labute approximate surface area is 121 Å². The van der Waals surface area contributed by atoms with Crippen molar-refractivity contribution in [3.63, 3.8) is 0 Å². The number of hydrogen-bond acceptors (Lipinski definition) is 4. The molecule has 0 aliphatic rings. The van der Waals surface area contributed by atoms with Crippen LogP contribution in [0.4, 0.5) is 0 Å². The minimum Gasteiger partial charge on any atom is -0.481 e. The average Bonchev–Trinajstić information content (AvgIpc) is 2.97. The number of carbonyl (C=O) groups is 2. The number of amides is 1. The molecule has 0 spiro atoms. The summed E-state index contributed by atoms with van der Waals surface area (Å²) >= 11 is 0. The molecule has 0 aliphatic heterocycles. The maximum atomic E-state index is 12.0. The maximum Gasteiger partial charge on any atom is 0.305 e. The third kappa shape index (κ3) is 3.92. The van der Waals surface area contributed by atoms with E-state index in [0.717, 1.165) is 5.56 Å². The monoisotopic (exact) mass is 288 g/mol. The molecule has 0 fully saturated rings. The van der Waals surface area contributed by atoms with Gasteiger partial charge in [0.25, 0.3) is 5.91 Å². The molecule has 2 N–H and O–H groups in total. The molecule has 6 nitrogen and oxygen atoms in total. The molecule has 0 radical (unpaired) electrons. The number of carboxylic acid groups (broad SMARTS) is 1. The van der Waals surface area contributed by atoms with Gasteiger partial charge in [-0.25, -0.2) is 0 Å². The molecule has 6 heteroatoms. The van der Waals surface area contributed by atoms with Crippen molar-refractivity contribution in [2.75, 3.05) is 0 Å². The number of aliphatic carboxylic acids is 1. The van der Waals surface area contributed by atoms with E-state index >= 15 is 0 Å². The van der Waals surface area contributed by atoms with Gasteiger partial charge >= 0.3 is 5.97 Å². The van der Waals surface area contributed by atoms with Gasteiger partial charge in [0.2, 0.25) is 5.76 Å². The van der Waals surface area contributed by atoms with E-state index in [9.17, 15) is 9.59 Å². The number of hydrogen-bond donors (Lipinski definition) is 2. The Bertz CT molecular complexity index is 622. The van der Waals surface area contributed by atoms with Crippen LogP contribution in [-0.4, -0.2) is 28.2 Å². The molecule has 110 valence electrons. The van der Waals surface area contributed by atoms with E-state index in [1.165, 1.54) is 6.07 Å². The van der Waals surface area contributed by atoms with E-state index in [1.54, 1.807) is 0 Å². The van der Waals surface area contributed by atoms with Crippen LogP contribution in [-0.2, 0) is 4.79 Å². The molecular formula is C15H16N2O4. The molecule has 0 saturated carbocycles. The van der Waals surface area contributed by atoms with Crippen LogP contribution in [0.2, 0.25) is 0 Å². The zero-order valence-corrected chi connectivity index (χ0v) is 11.6. The summed E-state index contributed by atoms with van der Waals surface area (Å²) in [5.74, 6) is -1.35. The molecule has 2 aromatic rings. The summed E-state index contributed by atoms with van der Waals surface area (Å²) in [6.45, 7) is 1.81. The highest BCUT2D eigenvalue weighted by Crippen LogP contribution is 2.18. The van der Waals surface area contributed by atoms with E-state index in [0.29, 0.717) is 12.1 Å². The number of nitrogens with one attached hydrogen (secondary N) is 1. The van der Waals surface area contributed by atoms with Crippen molar-refractivity contribution in [1.82, 2.24) is 10.5 Å². The van der Waals surface area contributed by atoms with Crippen LogP contribution in [0, 0.1) is 0 Å². The molecule has 1 aromatic carbocycles. The smallest absolute Gasteiger partial charge is 0.305 e. The van der Waals surface area contributed by atoms with Crippen molar-refractivity contribution < 1.29 is 19.2 Å². The molecular weight excluding hydrogens is 272 g/mol. The van der Waals surface area contributed by atoms with Gasteiger partial charge in [-0.1, -0.05) is 42.4 Å². The van der Waals surface area contributed by atoms with Gasteiger partial charge in [-0.15, -0.1) is 0 Å². The number of aromatic nitrogens is 1. The molecule has 1 atom stereocenters. The summed E-state index contributed by atoms with van der Waals surface area (Å²) in [7, 11) is 0. The first kappa shape index (κ1) is 14.8. The summed E-state index contributed by atoms with van der Waals surface area (Å²) in [4.78, 5) is 22.7. The lowest BCUT2D eigenvalue weighted by Crippen LogP contribution is -2.35. The molecule has 21 heavy (non-hydrogen) atoms. The van der Waals surface area contributed by atoms with E-state index < -0.39 is 17.9 Å². The fourth-order valence-electron chi connectivity index (χ4n) is 1.89. The Morgan fingerprint density at radius 2 is 2.05 bits per heavy atom. The minimum absolute atomic E-state index is 0.0673. The Morgan fingerprint density at radius 3 is 2.67 bits per heavy atom.